The molecule has 2 nitrogen and oxygen atoms in total. The van der Waals surface area contributed by atoms with Crippen molar-refractivity contribution in [2.75, 3.05) is 24.7 Å². The van der Waals surface area contributed by atoms with Crippen LogP contribution in [0.2, 0.25) is 0 Å². The highest BCUT2D eigenvalue weighted by atomic mass is 32.2. The normalized spacial score (nSPS) is 18.6. The molecule has 82 valence electrons. The van der Waals surface area contributed by atoms with Crippen molar-refractivity contribution in [2.45, 2.75) is 12.3 Å². The molecule has 0 radical (unpaired) electrons. The maximum atomic E-state index is 5.63. The predicted octanol–water partition coefficient (Wildman–Crippen LogP) is 2.24. The highest BCUT2D eigenvalue weighted by molar-refractivity contribution is 7.99. The van der Waals surface area contributed by atoms with Crippen LogP contribution in [0.3, 0.4) is 0 Å². The third-order valence-electron chi connectivity index (χ3n) is 2.61. The van der Waals surface area contributed by atoms with Crippen LogP contribution in [0, 0.1) is 0 Å². The Balaban J connectivity index is 1.85. The molecule has 0 aliphatic carbocycles. The molecular formula is C12H17NOS. The van der Waals surface area contributed by atoms with Gasteiger partial charge in [0.1, 0.15) is 5.75 Å². The van der Waals surface area contributed by atoms with Crippen LogP contribution in [-0.2, 0) is 0 Å². The van der Waals surface area contributed by atoms with E-state index in [4.69, 9.17) is 10.5 Å². The van der Waals surface area contributed by atoms with Crippen LogP contribution in [0.25, 0.3) is 0 Å². The van der Waals surface area contributed by atoms with Gasteiger partial charge in [-0.2, -0.15) is 11.8 Å². The van der Waals surface area contributed by atoms with E-state index in [1.807, 2.05) is 17.8 Å². The highest BCUT2D eigenvalue weighted by Crippen LogP contribution is 2.35. The molecule has 0 saturated heterocycles. The lowest BCUT2D eigenvalue weighted by Crippen LogP contribution is -2.05. The number of nitrogens with two attached hydrogens (primary N) is 1. The molecule has 1 aliphatic rings. The summed E-state index contributed by atoms with van der Waals surface area (Å²) in [4.78, 5) is 0. The van der Waals surface area contributed by atoms with E-state index in [2.05, 4.69) is 18.2 Å². The van der Waals surface area contributed by atoms with Crippen molar-refractivity contribution in [1.82, 2.24) is 0 Å². The zero-order valence-corrected chi connectivity index (χ0v) is 9.63. The molecule has 0 saturated carbocycles. The fourth-order valence-corrected chi connectivity index (χ4v) is 2.88. The maximum Gasteiger partial charge on any atom is 0.122 e. The van der Waals surface area contributed by atoms with Crippen LogP contribution in [0.4, 0.5) is 0 Å². The van der Waals surface area contributed by atoms with Gasteiger partial charge < -0.3 is 10.5 Å². The van der Waals surface area contributed by atoms with Gasteiger partial charge in [0.05, 0.1) is 6.61 Å². The van der Waals surface area contributed by atoms with Crippen molar-refractivity contribution in [3.63, 3.8) is 0 Å². The lowest BCUT2D eigenvalue weighted by atomic mass is 10.0. The molecule has 2 rings (SSSR count). The van der Waals surface area contributed by atoms with Crippen molar-refractivity contribution in [2.24, 2.45) is 5.73 Å². The zero-order valence-electron chi connectivity index (χ0n) is 8.82. The first-order valence-corrected chi connectivity index (χ1v) is 6.57. The van der Waals surface area contributed by atoms with Gasteiger partial charge in [0.2, 0.25) is 0 Å². The summed E-state index contributed by atoms with van der Waals surface area (Å²) in [6, 6.07) is 8.35. The molecule has 0 fully saturated rings. The Bertz CT molecular complexity index is 316. The lowest BCUT2D eigenvalue weighted by molar-refractivity contribution is 0.339. The number of thioether (sulfide) groups is 1. The van der Waals surface area contributed by atoms with E-state index >= 15 is 0 Å². The molecule has 15 heavy (non-hydrogen) atoms. The average molecular weight is 223 g/mol. The largest absolute Gasteiger partial charge is 0.493 e. The Labute approximate surface area is 95.2 Å². The van der Waals surface area contributed by atoms with E-state index in [0.717, 1.165) is 36.8 Å². The molecule has 1 unspecified atom stereocenters. The van der Waals surface area contributed by atoms with Crippen LogP contribution in [0.1, 0.15) is 17.9 Å². The molecule has 0 bridgehead atoms. The summed E-state index contributed by atoms with van der Waals surface area (Å²) < 4.78 is 5.63. The molecule has 0 spiro atoms. The number of fused-ring (bicyclic) bond motifs is 1. The van der Waals surface area contributed by atoms with Crippen molar-refractivity contribution in [3.8, 4) is 5.75 Å². The van der Waals surface area contributed by atoms with Crippen molar-refractivity contribution >= 4 is 11.8 Å². The summed E-state index contributed by atoms with van der Waals surface area (Å²) in [6.07, 6.45) is 1.11. The van der Waals surface area contributed by atoms with Crippen molar-refractivity contribution in [1.29, 1.82) is 0 Å². The van der Waals surface area contributed by atoms with Crippen LogP contribution in [0.15, 0.2) is 24.3 Å². The molecule has 0 amide bonds. The average Bonchev–Trinajstić information content (AvgIpc) is 2.68. The van der Waals surface area contributed by atoms with E-state index in [9.17, 15) is 0 Å². The number of hydrogen-bond donors (Lipinski definition) is 1. The molecule has 1 aromatic rings. The van der Waals surface area contributed by atoms with Crippen molar-refractivity contribution in [3.05, 3.63) is 29.8 Å². The summed E-state index contributed by atoms with van der Waals surface area (Å²) in [5.74, 6) is 3.96. The van der Waals surface area contributed by atoms with Gasteiger partial charge in [0.15, 0.2) is 0 Å². The third kappa shape index (κ3) is 2.67. The van der Waals surface area contributed by atoms with Gasteiger partial charge in [0, 0.05) is 17.2 Å². The SMILES string of the molecule is NCCCSCC1COc2ccccc21. The van der Waals surface area contributed by atoms with Crippen LogP contribution >= 0.6 is 11.8 Å². The maximum absolute atomic E-state index is 5.63. The topological polar surface area (TPSA) is 35.2 Å². The molecule has 1 aromatic carbocycles. The third-order valence-corrected chi connectivity index (χ3v) is 3.83. The number of hydrogen-bond acceptors (Lipinski definition) is 3. The first-order chi connectivity index (χ1) is 7.42. The van der Waals surface area contributed by atoms with Gasteiger partial charge in [-0.15, -0.1) is 0 Å². The number of rotatable bonds is 5. The molecule has 0 aromatic heterocycles. The number of ether oxygens (including phenoxy) is 1. The predicted molar refractivity (Wildman–Crippen MR) is 65.7 cm³/mol. The fraction of sp³-hybridized carbons (Fsp3) is 0.500. The van der Waals surface area contributed by atoms with E-state index < -0.39 is 0 Å². The number of para-hydroxylation sites is 1. The summed E-state index contributed by atoms with van der Waals surface area (Å²) in [5.41, 5.74) is 6.83. The quantitative estimate of drug-likeness (QED) is 0.778. The van der Waals surface area contributed by atoms with Crippen LogP contribution in [-0.4, -0.2) is 24.7 Å². The van der Waals surface area contributed by atoms with Gasteiger partial charge in [0.25, 0.3) is 0 Å². The van der Waals surface area contributed by atoms with Crippen LogP contribution < -0.4 is 10.5 Å². The van der Waals surface area contributed by atoms with E-state index in [0.29, 0.717) is 5.92 Å². The lowest BCUT2D eigenvalue weighted by Gasteiger charge is -2.07. The molecule has 1 heterocycles. The van der Waals surface area contributed by atoms with Crippen molar-refractivity contribution < 1.29 is 4.74 Å². The van der Waals surface area contributed by atoms with Gasteiger partial charge in [-0.1, -0.05) is 18.2 Å². The Morgan fingerprint density at radius 2 is 2.27 bits per heavy atom. The minimum Gasteiger partial charge on any atom is -0.493 e. The van der Waals surface area contributed by atoms with Gasteiger partial charge in [-0.25, -0.2) is 0 Å². The fourth-order valence-electron chi connectivity index (χ4n) is 1.78. The minimum absolute atomic E-state index is 0.573. The molecular weight excluding hydrogens is 206 g/mol. The molecule has 2 N–H and O–H groups in total. The number of benzene rings is 1. The molecule has 1 aliphatic heterocycles. The van der Waals surface area contributed by atoms with E-state index in [1.54, 1.807) is 0 Å². The van der Waals surface area contributed by atoms with Gasteiger partial charge >= 0.3 is 0 Å². The highest BCUT2D eigenvalue weighted by Gasteiger charge is 2.22. The second-order valence-electron chi connectivity index (χ2n) is 3.76. The summed E-state index contributed by atoms with van der Waals surface area (Å²) in [7, 11) is 0. The van der Waals surface area contributed by atoms with E-state index in [-0.39, 0.29) is 0 Å². The minimum atomic E-state index is 0.573. The Kier molecular flexibility index (Phi) is 3.92. The second-order valence-corrected chi connectivity index (χ2v) is 4.91. The summed E-state index contributed by atoms with van der Waals surface area (Å²) >= 11 is 1.98. The monoisotopic (exact) mass is 223 g/mol. The molecule has 1 atom stereocenters. The summed E-state index contributed by atoms with van der Waals surface area (Å²) in [5, 5.41) is 0. The standard InChI is InChI=1S/C12H17NOS/c13-6-3-7-15-9-10-8-14-12-5-2-1-4-11(10)12/h1-2,4-5,10H,3,6-9,13H2. The van der Waals surface area contributed by atoms with Gasteiger partial charge in [-0.3, -0.25) is 0 Å². The first kappa shape index (κ1) is 10.8. The Morgan fingerprint density at radius 1 is 1.40 bits per heavy atom. The molecule has 3 heteroatoms. The second kappa shape index (κ2) is 5.42. The van der Waals surface area contributed by atoms with Gasteiger partial charge in [-0.05, 0) is 24.8 Å². The Hall–Kier alpha value is -0.670. The summed E-state index contributed by atoms with van der Waals surface area (Å²) in [6.45, 7) is 1.64. The van der Waals surface area contributed by atoms with E-state index in [1.165, 1.54) is 5.56 Å². The Morgan fingerprint density at radius 3 is 3.13 bits per heavy atom. The van der Waals surface area contributed by atoms with Crippen LogP contribution in [0.5, 0.6) is 5.75 Å². The zero-order chi connectivity index (χ0) is 10.5. The smallest absolute Gasteiger partial charge is 0.122 e. The first-order valence-electron chi connectivity index (χ1n) is 5.41.